The van der Waals surface area contributed by atoms with Gasteiger partial charge in [-0.25, -0.2) is 9.97 Å². The molecule has 0 aromatic carbocycles. The predicted octanol–water partition coefficient (Wildman–Crippen LogP) is 0.443. The molecule has 10 heteroatoms. The second-order valence-electron chi connectivity index (χ2n) is 5.25. The van der Waals surface area contributed by atoms with Crippen LogP contribution in [0.15, 0.2) is 0 Å². The number of hydrogen-bond donors (Lipinski definition) is 2. The Kier molecular flexibility index (Phi) is 10.9. The highest BCUT2D eigenvalue weighted by atomic mass is 33.1. The molecule has 1 aliphatic heterocycles. The number of quaternary nitrogens is 1. The zero-order valence-electron chi connectivity index (χ0n) is 13.9. The molecule has 0 radical (unpaired) electrons. The molecule has 8 nitrogen and oxygen atoms in total. The van der Waals surface area contributed by atoms with Gasteiger partial charge in [-0.3, -0.25) is 14.4 Å². The van der Waals surface area contributed by atoms with Crippen LogP contribution in [0, 0.1) is 5.21 Å². The Hall–Kier alpha value is -0.970. The first kappa shape index (κ1) is 21.1. The van der Waals surface area contributed by atoms with E-state index < -0.39 is 17.0 Å². The third-order valence-electron chi connectivity index (χ3n) is 3.19. The summed E-state index contributed by atoms with van der Waals surface area (Å²) in [6.07, 6.45) is 3.91. The van der Waals surface area contributed by atoms with E-state index in [9.17, 15) is 19.6 Å². The molecule has 1 heterocycles. The molecule has 0 aliphatic carbocycles. The lowest BCUT2D eigenvalue weighted by Crippen LogP contribution is -3.11. The van der Waals surface area contributed by atoms with E-state index >= 15 is 0 Å². The summed E-state index contributed by atoms with van der Waals surface area (Å²) >= 11 is 0. The van der Waals surface area contributed by atoms with E-state index in [1.807, 2.05) is 0 Å². The molecule has 1 aliphatic rings. The van der Waals surface area contributed by atoms with Crippen LogP contribution in [0.3, 0.4) is 0 Å². The number of unbranched alkanes of at least 4 members (excludes halogenated alkanes) is 2. The third-order valence-corrected chi connectivity index (χ3v) is 5.59. The van der Waals surface area contributed by atoms with Crippen LogP contribution in [-0.4, -0.2) is 47.6 Å². The molecule has 1 rings (SSSR count). The first-order valence-electron chi connectivity index (χ1n) is 8.12. The molecule has 2 amide bonds. The van der Waals surface area contributed by atoms with Gasteiger partial charge in [0, 0.05) is 24.5 Å². The topological polar surface area (TPSA) is 103 Å². The van der Waals surface area contributed by atoms with Gasteiger partial charge in [0.05, 0.1) is 12.8 Å². The number of hydrogen-bond acceptors (Lipinski definition) is 7. The van der Waals surface area contributed by atoms with Crippen molar-refractivity contribution in [2.75, 3.05) is 24.6 Å². The molecular weight excluding hydrogens is 354 g/mol. The molecule has 0 aromatic heterocycles. The van der Waals surface area contributed by atoms with Gasteiger partial charge in [0.25, 0.3) is 0 Å². The Balaban J connectivity index is 1.97. The summed E-state index contributed by atoms with van der Waals surface area (Å²) in [5, 5.41) is 14.2. The van der Waals surface area contributed by atoms with Crippen molar-refractivity contribution in [2.24, 2.45) is 0 Å². The molecule has 1 fully saturated rings. The monoisotopic (exact) mass is 379 g/mol. The van der Waals surface area contributed by atoms with E-state index in [1.54, 1.807) is 0 Å². The minimum absolute atomic E-state index is 0.0460. The molecular formula is C14H25N3O5S2. The fraction of sp³-hybridized carbons (Fsp3) is 0.786. The van der Waals surface area contributed by atoms with Crippen molar-refractivity contribution < 1.29 is 24.4 Å². The quantitative estimate of drug-likeness (QED) is 0.288. The third kappa shape index (κ3) is 8.76. The largest absolute Gasteiger partial charge is 0.605 e. The van der Waals surface area contributed by atoms with E-state index in [2.05, 4.69) is 12.2 Å². The summed E-state index contributed by atoms with van der Waals surface area (Å²) in [6.45, 7) is 2.94. The van der Waals surface area contributed by atoms with Gasteiger partial charge in [-0.1, -0.05) is 41.4 Å². The highest BCUT2D eigenvalue weighted by molar-refractivity contribution is 8.76. The zero-order chi connectivity index (χ0) is 17.8. The summed E-state index contributed by atoms with van der Waals surface area (Å²) in [5.74, 6) is 0.144. The SMILES string of the molecule is CCCCCNC(=O)CCSSCCC(=O)ON1C(=O)CC[NH+]1[O-]. The van der Waals surface area contributed by atoms with Crippen molar-refractivity contribution in [3.05, 3.63) is 5.21 Å². The van der Waals surface area contributed by atoms with Gasteiger partial charge in [0.2, 0.25) is 5.91 Å². The molecule has 0 spiro atoms. The number of carbonyl (C=O) groups excluding carboxylic acids is 3. The molecule has 138 valence electrons. The standard InChI is InChI=1S/C14H25N3O5S2/c1-2-3-4-8-15-12(18)6-10-23-24-11-7-14(20)22-17-13(19)5-9-16(17)21/h16H,2-11H2,1H3,(H,15,18). The van der Waals surface area contributed by atoms with Crippen molar-refractivity contribution >= 4 is 39.4 Å². The minimum atomic E-state index is -0.597. The van der Waals surface area contributed by atoms with Gasteiger partial charge in [-0.2, -0.15) is 0 Å². The highest BCUT2D eigenvalue weighted by Gasteiger charge is 2.31. The van der Waals surface area contributed by atoms with E-state index in [-0.39, 0.29) is 25.3 Å². The van der Waals surface area contributed by atoms with Crippen LogP contribution in [0.25, 0.3) is 0 Å². The average Bonchev–Trinajstić information content (AvgIpc) is 2.86. The average molecular weight is 380 g/mol. The first-order valence-corrected chi connectivity index (χ1v) is 10.6. The Morgan fingerprint density at radius 3 is 2.62 bits per heavy atom. The normalized spacial score (nSPS) is 17.2. The van der Waals surface area contributed by atoms with Crippen molar-refractivity contribution in [3.63, 3.8) is 0 Å². The number of carbonyl (C=O) groups is 3. The fourth-order valence-corrected chi connectivity index (χ4v) is 3.84. The summed E-state index contributed by atoms with van der Waals surface area (Å²) in [5.41, 5.74) is 0. The maximum absolute atomic E-state index is 11.5. The Morgan fingerprint density at radius 2 is 2.00 bits per heavy atom. The second kappa shape index (κ2) is 12.4. The summed E-state index contributed by atoms with van der Waals surface area (Å²) < 4.78 is 0. The maximum atomic E-state index is 11.5. The summed E-state index contributed by atoms with van der Waals surface area (Å²) in [6, 6.07) is 0. The van der Waals surface area contributed by atoms with Gasteiger partial charge in [0.15, 0.2) is 0 Å². The number of nitrogens with one attached hydrogen (secondary N) is 2. The molecule has 2 N–H and O–H groups in total. The van der Waals surface area contributed by atoms with Gasteiger partial charge in [-0.05, 0) is 11.6 Å². The van der Waals surface area contributed by atoms with Crippen LogP contribution in [0.4, 0.5) is 0 Å². The second-order valence-corrected chi connectivity index (χ2v) is 7.95. The lowest BCUT2D eigenvalue weighted by atomic mass is 10.2. The Labute approximate surface area is 149 Å². The van der Waals surface area contributed by atoms with Crippen molar-refractivity contribution in [3.8, 4) is 0 Å². The van der Waals surface area contributed by atoms with Crippen LogP contribution in [-0.2, 0) is 19.2 Å². The number of nitrogens with zero attached hydrogens (tertiary/aromatic N) is 1. The number of hydroxylamine groups is 2. The van der Waals surface area contributed by atoms with Crippen LogP contribution < -0.4 is 10.5 Å². The molecule has 0 bridgehead atoms. The zero-order valence-corrected chi connectivity index (χ0v) is 15.5. The van der Waals surface area contributed by atoms with Gasteiger partial charge in [0.1, 0.15) is 6.54 Å². The van der Waals surface area contributed by atoms with E-state index in [0.717, 1.165) is 25.8 Å². The van der Waals surface area contributed by atoms with Crippen LogP contribution in [0.1, 0.15) is 45.4 Å². The Bertz CT molecular complexity index is 425. The van der Waals surface area contributed by atoms with E-state index in [1.165, 1.54) is 21.6 Å². The highest BCUT2D eigenvalue weighted by Crippen LogP contribution is 2.22. The number of rotatable bonds is 12. The molecule has 1 saturated heterocycles. The van der Waals surface area contributed by atoms with E-state index in [4.69, 9.17) is 4.84 Å². The van der Waals surface area contributed by atoms with Crippen LogP contribution in [0.5, 0.6) is 0 Å². The molecule has 0 aromatic rings. The van der Waals surface area contributed by atoms with Crippen LogP contribution in [0.2, 0.25) is 0 Å². The van der Waals surface area contributed by atoms with Crippen LogP contribution >= 0.6 is 21.6 Å². The fourth-order valence-electron chi connectivity index (χ4n) is 1.87. The Morgan fingerprint density at radius 1 is 1.29 bits per heavy atom. The van der Waals surface area contributed by atoms with E-state index in [0.29, 0.717) is 23.1 Å². The smallest absolute Gasteiger partial charge is 0.339 e. The summed E-state index contributed by atoms with van der Waals surface area (Å²) in [7, 11) is 2.97. The predicted molar refractivity (Wildman–Crippen MR) is 93.4 cm³/mol. The van der Waals surface area contributed by atoms with Gasteiger partial charge >= 0.3 is 11.9 Å². The molecule has 1 unspecified atom stereocenters. The molecule has 1 atom stereocenters. The lowest BCUT2D eigenvalue weighted by Gasteiger charge is -2.23. The maximum Gasteiger partial charge on any atom is 0.339 e. The van der Waals surface area contributed by atoms with Crippen molar-refractivity contribution in [1.29, 1.82) is 0 Å². The first-order chi connectivity index (χ1) is 11.5. The molecule has 24 heavy (non-hydrogen) atoms. The van der Waals surface area contributed by atoms with Gasteiger partial charge < -0.3 is 10.5 Å². The van der Waals surface area contributed by atoms with Gasteiger partial charge in [-0.15, -0.1) is 0 Å². The lowest BCUT2D eigenvalue weighted by molar-refractivity contribution is -0.982. The van der Waals surface area contributed by atoms with Crippen molar-refractivity contribution in [2.45, 2.75) is 45.4 Å². The molecule has 0 saturated carbocycles. The van der Waals surface area contributed by atoms with Crippen molar-refractivity contribution in [1.82, 2.24) is 10.5 Å². The minimum Gasteiger partial charge on any atom is -0.605 e. The number of amides is 2. The summed E-state index contributed by atoms with van der Waals surface area (Å²) in [4.78, 5) is 39.1.